The maximum absolute atomic E-state index is 10.6. The molecule has 0 radical (unpaired) electrons. The van der Waals surface area contributed by atoms with Gasteiger partial charge in [-0.3, -0.25) is 4.57 Å². The molecule has 0 bridgehead atoms. The SMILES string of the molecule is NOC(=O)C(CP(=O)(O)O)NCl. The van der Waals surface area contributed by atoms with Crippen LogP contribution in [0.1, 0.15) is 0 Å². The molecule has 7 nitrogen and oxygen atoms in total. The summed E-state index contributed by atoms with van der Waals surface area (Å²) in [7, 11) is -4.31. The number of carbonyl (C=O) groups excluding carboxylic acids is 1. The summed E-state index contributed by atoms with van der Waals surface area (Å²) < 4.78 is 10.4. The summed E-state index contributed by atoms with van der Waals surface area (Å²) in [5, 5.41) is 0. The van der Waals surface area contributed by atoms with E-state index in [0.29, 0.717) is 0 Å². The molecule has 0 aliphatic rings. The second-order valence-electron chi connectivity index (χ2n) is 1.95. The van der Waals surface area contributed by atoms with Crippen molar-refractivity contribution in [2.24, 2.45) is 5.90 Å². The van der Waals surface area contributed by atoms with Gasteiger partial charge in [0.05, 0.1) is 6.16 Å². The van der Waals surface area contributed by atoms with Crippen LogP contribution in [0.25, 0.3) is 0 Å². The molecule has 0 aliphatic carbocycles. The molecule has 0 aromatic rings. The zero-order valence-corrected chi connectivity index (χ0v) is 7.46. The third-order valence-electron chi connectivity index (χ3n) is 0.953. The molecule has 12 heavy (non-hydrogen) atoms. The molecule has 0 saturated heterocycles. The number of rotatable bonds is 4. The van der Waals surface area contributed by atoms with Crippen LogP contribution in [0.4, 0.5) is 0 Å². The average Bonchev–Trinajstić information content (AvgIpc) is 1.97. The summed E-state index contributed by atoms with van der Waals surface area (Å²) in [6.07, 6.45) is -0.757. The third-order valence-corrected chi connectivity index (χ3v) is 2.06. The molecule has 0 saturated carbocycles. The number of hydrogen-bond acceptors (Lipinski definition) is 5. The van der Waals surface area contributed by atoms with Crippen molar-refractivity contribution in [2.75, 3.05) is 6.16 Å². The van der Waals surface area contributed by atoms with Crippen LogP contribution in [0, 0.1) is 0 Å². The summed E-state index contributed by atoms with van der Waals surface area (Å²) >= 11 is 5.00. The first kappa shape index (κ1) is 11.8. The van der Waals surface area contributed by atoms with Gasteiger partial charge in [0.2, 0.25) is 0 Å². The second kappa shape index (κ2) is 4.76. The fourth-order valence-corrected chi connectivity index (χ4v) is 1.46. The molecule has 0 aliphatic heterocycles. The van der Waals surface area contributed by atoms with Gasteiger partial charge in [-0.2, -0.15) is 5.90 Å². The summed E-state index contributed by atoms with van der Waals surface area (Å²) in [5.41, 5.74) is 0. The fraction of sp³-hybridized carbons (Fsp3) is 0.667. The van der Waals surface area contributed by atoms with E-state index in [1.807, 2.05) is 4.84 Å². The molecule has 5 N–H and O–H groups in total. The van der Waals surface area contributed by atoms with Crippen LogP contribution in [-0.2, 0) is 14.2 Å². The van der Waals surface area contributed by atoms with E-state index >= 15 is 0 Å². The van der Waals surface area contributed by atoms with E-state index in [1.54, 1.807) is 0 Å². The first-order chi connectivity index (χ1) is 5.40. The molecule has 72 valence electrons. The number of halogens is 1. The predicted molar refractivity (Wildman–Crippen MR) is 40.0 cm³/mol. The number of nitrogens with one attached hydrogen (secondary N) is 1. The summed E-state index contributed by atoms with van der Waals surface area (Å²) in [6.45, 7) is 0. The molecule has 9 heteroatoms. The van der Waals surface area contributed by atoms with Crippen molar-refractivity contribution < 1.29 is 24.0 Å². The molecule has 0 fully saturated rings. The van der Waals surface area contributed by atoms with E-state index < -0.39 is 25.8 Å². The molecule has 0 aromatic carbocycles. The molecule has 0 aromatic heterocycles. The number of carbonyl (C=O) groups is 1. The fourth-order valence-electron chi connectivity index (χ4n) is 0.474. The van der Waals surface area contributed by atoms with Crippen LogP contribution in [0.15, 0.2) is 0 Å². The first-order valence-electron chi connectivity index (χ1n) is 2.72. The van der Waals surface area contributed by atoms with E-state index in [0.717, 1.165) is 0 Å². The lowest BCUT2D eigenvalue weighted by molar-refractivity contribution is -0.145. The van der Waals surface area contributed by atoms with Gasteiger partial charge in [0.25, 0.3) is 0 Å². The van der Waals surface area contributed by atoms with Crippen molar-refractivity contribution in [3.8, 4) is 0 Å². The molecule has 0 heterocycles. The van der Waals surface area contributed by atoms with Crippen molar-refractivity contribution >= 4 is 25.3 Å². The lowest BCUT2D eigenvalue weighted by Gasteiger charge is -2.11. The Labute approximate surface area is 73.1 Å². The minimum atomic E-state index is -4.31. The monoisotopic (exact) mass is 218 g/mol. The van der Waals surface area contributed by atoms with Crippen molar-refractivity contribution in [3.05, 3.63) is 0 Å². The van der Waals surface area contributed by atoms with Gasteiger partial charge in [0.15, 0.2) is 0 Å². The zero-order valence-electron chi connectivity index (χ0n) is 5.81. The molecule has 1 atom stereocenters. The standard InChI is InChI=1S/C3H8ClN2O5P/c4-6-2(3(7)11-5)1-12(8,9)10/h2,6H,1,5H2,(H2,8,9,10). The van der Waals surface area contributed by atoms with Gasteiger partial charge in [0.1, 0.15) is 6.04 Å². The van der Waals surface area contributed by atoms with Crippen LogP contribution in [-0.4, -0.2) is 28.0 Å². The van der Waals surface area contributed by atoms with Crippen LogP contribution in [0.3, 0.4) is 0 Å². The minimum absolute atomic E-state index is 0.757. The molecular formula is C3H8ClN2O5P. The summed E-state index contributed by atoms with van der Waals surface area (Å²) in [6, 6.07) is -1.31. The van der Waals surface area contributed by atoms with Gasteiger partial charge in [-0.05, 0) is 11.8 Å². The van der Waals surface area contributed by atoms with E-state index in [9.17, 15) is 9.36 Å². The molecule has 0 spiro atoms. The largest absolute Gasteiger partial charge is 0.372 e. The minimum Gasteiger partial charge on any atom is -0.372 e. The van der Waals surface area contributed by atoms with Crippen LogP contribution < -0.4 is 10.7 Å². The van der Waals surface area contributed by atoms with E-state index in [2.05, 4.69) is 10.7 Å². The van der Waals surface area contributed by atoms with Gasteiger partial charge in [-0.15, -0.1) is 0 Å². The Morgan fingerprint density at radius 1 is 1.75 bits per heavy atom. The zero-order chi connectivity index (χ0) is 9.78. The highest BCUT2D eigenvalue weighted by atomic mass is 35.5. The van der Waals surface area contributed by atoms with E-state index in [4.69, 9.17) is 21.6 Å². The van der Waals surface area contributed by atoms with Gasteiger partial charge in [-0.25, -0.2) is 9.63 Å². The van der Waals surface area contributed by atoms with Crippen molar-refractivity contribution in [1.82, 2.24) is 4.84 Å². The average molecular weight is 219 g/mol. The highest BCUT2D eigenvalue weighted by Crippen LogP contribution is 2.35. The normalized spacial score (nSPS) is 14.0. The first-order valence-corrected chi connectivity index (χ1v) is 4.89. The second-order valence-corrected chi connectivity index (χ2v) is 3.86. The Hall–Kier alpha value is -0.170. The van der Waals surface area contributed by atoms with Crippen molar-refractivity contribution in [3.63, 3.8) is 0 Å². The summed E-state index contributed by atoms with van der Waals surface area (Å²) in [4.78, 5) is 33.0. The van der Waals surface area contributed by atoms with Crippen LogP contribution in [0.2, 0.25) is 0 Å². The lowest BCUT2D eigenvalue weighted by atomic mass is 10.4. The molecule has 0 rings (SSSR count). The Kier molecular flexibility index (Phi) is 4.69. The van der Waals surface area contributed by atoms with Crippen LogP contribution >= 0.6 is 19.4 Å². The lowest BCUT2D eigenvalue weighted by Crippen LogP contribution is -2.37. The Balaban J connectivity index is 4.19. The Morgan fingerprint density at radius 3 is 2.50 bits per heavy atom. The van der Waals surface area contributed by atoms with Crippen molar-refractivity contribution in [2.45, 2.75) is 6.04 Å². The van der Waals surface area contributed by atoms with Gasteiger partial charge in [0, 0.05) is 0 Å². The number of hydrogen-bond donors (Lipinski definition) is 4. The number of nitrogens with two attached hydrogens (primary N) is 1. The molecule has 0 amide bonds. The maximum atomic E-state index is 10.6. The Morgan fingerprint density at radius 2 is 2.25 bits per heavy atom. The van der Waals surface area contributed by atoms with Gasteiger partial charge < -0.3 is 14.6 Å². The topological polar surface area (TPSA) is 122 Å². The quantitative estimate of drug-likeness (QED) is 0.263. The third kappa shape index (κ3) is 4.66. The maximum Gasteiger partial charge on any atom is 0.343 e. The smallest absolute Gasteiger partial charge is 0.343 e. The molecule has 1 unspecified atom stereocenters. The van der Waals surface area contributed by atoms with E-state index in [-0.39, 0.29) is 0 Å². The van der Waals surface area contributed by atoms with Crippen molar-refractivity contribution in [1.29, 1.82) is 0 Å². The molecular weight excluding hydrogens is 210 g/mol. The van der Waals surface area contributed by atoms with Gasteiger partial charge in [-0.1, -0.05) is 0 Å². The Bertz CT molecular complexity index is 205. The van der Waals surface area contributed by atoms with E-state index in [1.165, 1.54) is 0 Å². The van der Waals surface area contributed by atoms with Crippen LogP contribution in [0.5, 0.6) is 0 Å². The predicted octanol–water partition coefficient (Wildman–Crippen LogP) is -1.31. The highest BCUT2D eigenvalue weighted by molar-refractivity contribution is 7.51. The van der Waals surface area contributed by atoms with Gasteiger partial charge >= 0.3 is 13.6 Å². The summed E-state index contributed by atoms with van der Waals surface area (Å²) in [5.74, 6) is 3.43. The highest BCUT2D eigenvalue weighted by Gasteiger charge is 2.27.